The van der Waals surface area contributed by atoms with E-state index in [1.54, 1.807) is 17.5 Å². The topological polar surface area (TPSA) is 85.5 Å². The number of aryl methyl sites for hydroxylation is 3. The molecule has 1 saturated heterocycles. The number of hydrogen-bond acceptors (Lipinski definition) is 6. The molecule has 0 bridgehead atoms. The van der Waals surface area contributed by atoms with E-state index in [-0.39, 0.29) is 17.9 Å². The quantitative estimate of drug-likeness (QED) is 0.622. The minimum Gasteiger partial charge on any atom is -0.272 e. The van der Waals surface area contributed by atoms with Gasteiger partial charge in [-0.1, -0.05) is 6.07 Å². The second-order valence-electron chi connectivity index (χ2n) is 9.26. The van der Waals surface area contributed by atoms with E-state index < -0.39 is 0 Å². The molecule has 1 amide bonds. The third-order valence-electron chi connectivity index (χ3n) is 6.76. The molecule has 168 valence electrons. The van der Waals surface area contributed by atoms with Gasteiger partial charge in [-0.3, -0.25) is 19.6 Å². The molecule has 8 heteroatoms. The second kappa shape index (κ2) is 8.58. The van der Waals surface area contributed by atoms with E-state index in [1.807, 2.05) is 18.4 Å². The van der Waals surface area contributed by atoms with Crippen molar-refractivity contribution in [3.05, 3.63) is 53.0 Å². The Labute approximate surface area is 188 Å². The van der Waals surface area contributed by atoms with Crippen molar-refractivity contribution >= 4 is 11.6 Å². The molecular formula is C24H30N6O2. The molecule has 0 aromatic carbocycles. The number of carbonyl (C=O) groups is 1. The van der Waals surface area contributed by atoms with Crippen LogP contribution in [0.2, 0.25) is 0 Å². The van der Waals surface area contributed by atoms with Gasteiger partial charge < -0.3 is 0 Å². The molecular weight excluding hydrogens is 404 g/mol. The number of hydrogen-bond donors (Lipinski definition) is 0. The molecule has 32 heavy (non-hydrogen) atoms. The average Bonchev–Trinajstić information content (AvgIpc) is 3.41. The van der Waals surface area contributed by atoms with Crippen LogP contribution in [0.1, 0.15) is 66.5 Å². The van der Waals surface area contributed by atoms with E-state index in [0.29, 0.717) is 12.5 Å². The minimum absolute atomic E-state index is 0.0208. The van der Waals surface area contributed by atoms with Crippen molar-refractivity contribution in [3.8, 4) is 0 Å². The van der Waals surface area contributed by atoms with Crippen LogP contribution in [0.15, 0.2) is 24.7 Å². The second-order valence-corrected chi connectivity index (χ2v) is 9.26. The smallest absolute Gasteiger partial charge is 0.249 e. The summed E-state index contributed by atoms with van der Waals surface area (Å²) < 4.78 is 1.90. The SMILES string of the molecule is Cc1cnc([C@@H]2CCON2C(=O)[C@H]2CC[C@H](Cc3cc(C)c4nc(C)nn4c3)CC2)cn1. The van der Waals surface area contributed by atoms with Crippen LogP contribution in [0.25, 0.3) is 5.65 Å². The summed E-state index contributed by atoms with van der Waals surface area (Å²) in [7, 11) is 0. The van der Waals surface area contributed by atoms with Crippen molar-refractivity contribution < 1.29 is 9.63 Å². The normalized spacial score (nSPS) is 23.7. The molecule has 3 aromatic rings. The number of aromatic nitrogens is 5. The minimum atomic E-state index is -0.130. The molecule has 2 fully saturated rings. The molecule has 0 spiro atoms. The van der Waals surface area contributed by atoms with Crippen LogP contribution in [0.3, 0.4) is 0 Å². The molecule has 0 unspecified atom stereocenters. The highest BCUT2D eigenvalue weighted by Crippen LogP contribution is 2.36. The van der Waals surface area contributed by atoms with Crippen molar-refractivity contribution in [2.24, 2.45) is 11.8 Å². The van der Waals surface area contributed by atoms with Crippen LogP contribution in [-0.4, -0.2) is 42.1 Å². The van der Waals surface area contributed by atoms with Crippen LogP contribution < -0.4 is 0 Å². The van der Waals surface area contributed by atoms with Crippen LogP contribution >= 0.6 is 0 Å². The zero-order valence-electron chi connectivity index (χ0n) is 19.0. The number of rotatable bonds is 4. The van der Waals surface area contributed by atoms with Gasteiger partial charge >= 0.3 is 0 Å². The summed E-state index contributed by atoms with van der Waals surface area (Å²) >= 11 is 0. The molecule has 3 aromatic heterocycles. The van der Waals surface area contributed by atoms with Crippen molar-refractivity contribution in [2.75, 3.05) is 6.61 Å². The highest BCUT2D eigenvalue weighted by molar-refractivity contribution is 5.78. The van der Waals surface area contributed by atoms with E-state index in [9.17, 15) is 4.79 Å². The zero-order valence-corrected chi connectivity index (χ0v) is 19.0. The average molecular weight is 435 g/mol. The fourth-order valence-electron chi connectivity index (χ4n) is 5.09. The summed E-state index contributed by atoms with van der Waals surface area (Å²) in [6.07, 6.45) is 11.3. The van der Waals surface area contributed by atoms with Crippen molar-refractivity contribution in [3.63, 3.8) is 0 Å². The number of pyridine rings is 1. The summed E-state index contributed by atoms with van der Waals surface area (Å²) in [6, 6.07) is 2.10. The standard InChI is InChI=1S/C24H30N6O2/c1-15-10-19(14-29-23(15)27-17(3)28-29)11-18-4-6-20(7-5-18)24(31)30-22(8-9-32-30)21-13-25-16(2)12-26-21/h10,12-14,18,20,22H,4-9,11H2,1-3H3/t18-,20-,22-/m0/s1. The number of carbonyl (C=O) groups excluding carboxylic acids is 1. The van der Waals surface area contributed by atoms with Gasteiger partial charge in [0.05, 0.1) is 24.2 Å². The van der Waals surface area contributed by atoms with Crippen LogP contribution in [0.5, 0.6) is 0 Å². The summed E-state index contributed by atoms with van der Waals surface area (Å²) in [5.41, 5.74) is 5.05. The van der Waals surface area contributed by atoms with Crippen LogP contribution in [-0.2, 0) is 16.1 Å². The third-order valence-corrected chi connectivity index (χ3v) is 6.76. The lowest BCUT2D eigenvalue weighted by atomic mass is 9.79. The van der Waals surface area contributed by atoms with E-state index in [1.165, 1.54) is 5.56 Å². The van der Waals surface area contributed by atoms with E-state index in [0.717, 1.165) is 66.9 Å². The lowest BCUT2D eigenvalue weighted by Crippen LogP contribution is -2.37. The molecule has 1 saturated carbocycles. The molecule has 2 aliphatic rings. The zero-order chi connectivity index (χ0) is 22.2. The Balaban J connectivity index is 1.21. The van der Waals surface area contributed by atoms with Gasteiger partial charge in [-0.05, 0) is 69.9 Å². The predicted molar refractivity (Wildman–Crippen MR) is 119 cm³/mol. The summed E-state index contributed by atoms with van der Waals surface area (Å²) in [5.74, 6) is 1.50. The Kier molecular flexibility index (Phi) is 5.63. The Morgan fingerprint density at radius 1 is 1.09 bits per heavy atom. The van der Waals surface area contributed by atoms with Crippen molar-refractivity contribution in [1.29, 1.82) is 0 Å². The van der Waals surface area contributed by atoms with Gasteiger partial charge in [-0.15, -0.1) is 0 Å². The van der Waals surface area contributed by atoms with Gasteiger partial charge in [-0.25, -0.2) is 14.6 Å². The summed E-state index contributed by atoms with van der Waals surface area (Å²) in [5, 5.41) is 6.05. The molecule has 4 heterocycles. The Hall–Kier alpha value is -2.87. The lowest BCUT2D eigenvalue weighted by molar-refractivity contribution is -0.183. The molecule has 0 radical (unpaired) electrons. The van der Waals surface area contributed by atoms with E-state index in [4.69, 9.17) is 4.84 Å². The number of nitrogens with zero attached hydrogens (tertiary/aromatic N) is 6. The molecule has 1 atom stereocenters. The van der Waals surface area contributed by atoms with Gasteiger partial charge in [0.2, 0.25) is 5.91 Å². The lowest BCUT2D eigenvalue weighted by Gasteiger charge is -2.31. The fraction of sp³-hybridized carbons (Fsp3) is 0.542. The summed E-state index contributed by atoms with van der Waals surface area (Å²) in [6.45, 7) is 6.47. The van der Waals surface area contributed by atoms with E-state index >= 15 is 0 Å². The first kappa shape index (κ1) is 21.0. The highest BCUT2D eigenvalue weighted by Gasteiger charge is 2.38. The monoisotopic (exact) mass is 434 g/mol. The fourth-order valence-corrected chi connectivity index (χ4v) is 5.09. The van der Waals surface area contributed by atoms with Gasteiger partial charge in [0, 0.05) is 24.7 Å². The number of amides is 1. The Morgan fingerprint density at radius 2 is 1.91 bits per heavy atom. The molecule has 0 N–H and O–H groups in total. The van der Waals surface area contributed by atoms with Gasteiger partial charge in [0.25, 0.3) is 0 Å². The van der Waals surface area contributed by atoms with Crippen LogP contribution in [0, 0.1) is 32.6 Å². The summed E-state index contributed by atoms with van der Waals surface area (Å²) in [4.78, 5) is 32.3. The van der Waals surface area contributed by atoms with Gasteiger partial charge in [0.1, 0.15) is 11.9 Å². The molecule has 5 rings (SSSR count). The molecule has 8 nitrogen and oxygen atoms in total. The molecule has 1 aliphatic carbocycles. The maximum atomic E-state index is 13.2. The van der Waals surface area contributed by atoms with Gasteiger partial charge in [0.15, 0.2) is 5.65 Å². The first-order valence-electron chi connectivity index (χ1n) is 11.5. The first-order chi connectivity index (χ1) is 15.5. The maximum absolute atomic E-state index is 13.2. The predicted octanol–water partition coefficient (Wildman–Crippen LogP) is 3.70. The molecule has 1 aliphatic heterocycles. The third kappa shape index (κ3) is 4.11. The first-order valence-corrected chi connectivity index (χ1v) is 11.5. The Bertz CT molecular complexity index is 1120. The van der Waals surface area contributed by atoms with Gasteiger partial charge in [-0.2, -0.15) is 5.10 Å². The van der Waals surface area contributed by atoms with E-state index in [2.05, 4.69) is 39.2 Å². The largest absolute Gasteiger partial charge is 0.272 e. The Morgan fingerprint density at radius 3 is 2.66 bits per heavy atom. The number of hydroxylamine groups is 2. The maximum Gasteiger partial charge on any atom is 0.249 e. The number of fused-ring (bicyclic) bond motifs is 1. The highest BCUT2D eigenvalue weighted by atomic mass is 16.7. The van der Waals surface area contributed by atoms with Crippen molar-refractivity contribution in [1.82, 2.24) is 29.6 Å². The van der Waals surface area contributed by atoms with Crippen molar-refractivity contribution in [2.45, 2.75) is 65.3 Å². The van der Waals surface area contributed by atoms with Crippen LogP contribution in [0.4, 0.5) is 0 Å².